The number of rotatable bonds is 4. The van der Waals surface area contributed by atoms with Gasteiger partial charge in [-0.3, -0.25) is 0 Å². The highest BCUT2D eigenvalue weighted by molar-refractivity contribution is 5.53. The fourth-order valence-electron chi connectivity index (χ4n) is 1.93. The summed E-state index contributed by atoms with van der Waals surface area (Å²) in [6.07, 6.45) is 12.8. The Bertz CT molecular complexity index is 164. The fraction of sp³-hybridized carbons (Fsp3) is 0.750. The quantitative estimate of drug-likeness (QED) is 0.479. The molecule has 74 valence electrons. The Morgan fingerprint density at radius 2 is 1.77 bits per heavy atom. The summed E-state index contributed by atoms with van der Waals surface area (Å²) in [6.45, 7) is 2.20. The Morgan fingerprint density at radius 3 is 2.31 bits per heavy atom. The minimum Gasteiger partial charge on any atom is -0.303 e. The van der Waals surface area contributed by atoms with Crippen LogP contribution in [0.3, 0.4) is 0 Å². The van der Waals surface area contributed by atoms with Gasteiger partial charge in [0.2, 0.25) is 0 Å². The van der Waals surface area contributed by atoms with Gasteiger partial charge in [-0.1, -0.05) is 25.5 Å². The normalized spacial score (nSPS) is 29.3. The summed E-state index contributed by atoms with van der Waals surface area (Å²) in [5.41, 5.74) is 0. The number of carbonyl (C=O) groups is 1. The summed E-state index contributed by atoms with van der Waals surface area (Å²) in [4.78, 5) is 10.5. The van der Waals surface area contributed by atoms with Crippen molar-refractivity contribution in [2.45, 2.75) is 45.4 Å². The van der Waals surface area contributed by atoms with Gasteiger partial charge in [0.05, 0.1) is 0 Å². The van der Waals surface area contributed by atoms with E-state index in [2.05, 4.69) is 19.1 Å². The van der Waals surface area contributed by atoms with E-state index < -0.39 is 0 Å². The molecule has 0 atom stereocenters. The molecule has 1 aliphatic rings. The number of aldehydes is 1. The van der Waals surface area contributed by atoms with Crippen LogP contribution in [0, 0.1) is 11.8 Å². The molecule has 0 unspecified atom stereocenters. The molecule has 1 rings (SSSR count). The molecule has 0 aromatic heterocycles. The molecule has 0 aromatic rings. The lowest BCUT2D eigenvalue weighted by Crippen LogP contribution is -2.13. The molecule has 0 heterocycles. The molecular weight excluding hydrogens is 160 g/mol. The van der Waals surface area contributed by atoms with Crippen LogP contribution in [0.2, 0.25) is 0 Å². The second kappa shape index (κ2) is 5.95. The van der Waals surface area contributed by atoms with Crippen molar-refractivity contribution in [2.75, 3.05) is 0 Å². The van der Waals surface area contributed by atoms with Crippen molar-refractivity contribution in [3.05, 3.63) is 12.2 Å². The first-order valence-corrected chi connectivity index (χ1v) is 5.48. The van der Waals surface area contributed by atoms with Crippen LogP contribution in [0.15, 0.2) is 12.2 Å². The van der Waals surface area contributed by atoms with Crippen LogP contribution in [0.5, 0.6) is 0 Å². The summed E-state index contributed by atoms with van der Waals surface area (Å²) >= 11 is 0. The van der Waals surface area contributed by atoms with Crippen LogP contribution >= 0.6 is 0 Å². The largest absolute Gasteiger partial charge is 0.303 e. The van der Waals surface area contributed by atoms with E-state index in [9.17, 15) is 4.79 Å². The van der Waals surface area contributed by atoms with E-state index in [1.807, 2.05) is 0 Å². The lowest BCUT2D eigenvalue weighted by molar-refractivity contribution is -0.112. The molecule has 13 heavy (non-hydrogen) atoms. The Kier molecular flexibility index (Phi) is 4.81. The number of hydrogen-bond acceptors (Lipinski definition) is 1. The van der Waals surface area contributed by atoms with Gasteiger partial charge in [0.25, 0.3) is 0 Å². The Labute approximate surface area is 81.2 Å². The maximum atomic E-state index is 10.5. The lowest BCUT2D eigenvalue weighted by atomic mass is 9.82. The van der Waals surface area contributed by atoms with Crippen molar-refractivity contribution in [3.8, 4) is 0 Å². The maximum absolute atomic E-state index is 10.5. The third kappa shape index (κ3) is 3.75. The second-order valence-electron chi connectivity index (χ2n) is 4.03. The van der Waals surface area contributed by atoms with Crippen LogP contribution in [0.1, 0.15) is 45.4 Å². The number of allylic oxidation sites excluding steroid dienone is 2. The van der Waals surface area contributed by atoms with Crippen LogP contribution < -0.4 is 0 Å². The highest BCUT2D eigenvalue weighted by atomic mass is 16.1. The van der Waals surface area contributed by atoms with Gasteiger partial charge in [0.1, 0.15) is 6.29 Å². The Balaban J connectivity index is 2.20. The first-order valence-electron chi connectivity index (χ1n) is 5.48. The molecule has 0 radical (unpaired) electrons. The van der Waals surface area contributed by atoms with Gasteiger partial charge in [-0.15, -0.1) is 0 Å². The Hall–Kier alpha value is -0.590. The molecule has 1 fully saturated rings. The molecule has 0 amide bonds. The van der Waals surface area contributed by atoms with E-state index in [0.29, 0.717) is 5.92 Å². The molecule has 0 saturated heterocycles. The summed E-state index contributed by atoms with van der Waals surface area (Å²) in [6, 6.07) is 0. The first-order chi connectivity index (χ1) is 6.36. The van der Waals surface area contributed by atoms with E-state index in [0.717, 1.165) is 25.0 Å². The summed E-state index contributed by atoms with van der Waals surface area (Å²) in [7, 11) is 0. The number of hydrogen-bond donors (Lipinski definition) is 0. The highest BCUT2D eigenvalue weighted by Gasteiger charge is 2.18. The number of unbranched alkanes of at least 4 members (excludes halogenated alkanes) is 1. The van der Waals surface area contributed by atoms with Gasteiger partial charge < -0.3 is 4.79 Å². The third-order valence-corrected chi connectivity index (χ3v) is 2.87. The molecular formula is C12H20O. The van der Waals surface area contributed by atoms with Gasteiger partial charge in [-0.25, -0.2) is 0 Å². The maximum Gasteiger partial charge on any atom is 0.123 e. The SMILES string of the molecule is CCC/C=C/[C@H]1CC[C@H](C=O)CC1. The molecule has 1 heteroatoms. The number of carbonyl (C=O) groups excluding carboxylic acids is 1. The van der Waals surface area contributed by atoms with Gasteiger partial charge in [0, 0.05) is 5.92 Å². The molecule has 0 aromatic carbocycles. The van der Waals surface area contributed by atoms with Gasteiger partial charge in [0.15, 0.2) is 0 Å². The van der Waals surface area contributed by atoms with Crippen LogP contribution in [0.25, 0.3) is 0 Å². The van der Waals surface area contributed by atoms with Gasteiger partial charge >= 0.3 is 0 Å². The molecule has 0 aliphatic heterocycles. The van der Waals surface area contributed by atoms with E-state index in [4.69, 9.17) is 0 Å². The van der Waals surface area contributed by atoms with Crippen molar-refractivity contribution in [1.29, 1.82) is 0 Å². The fourth-order valence-corrected chi connectivity index (χ4v) is 1.93. The zero-order chi connectivity index (χ0) is 9.52. The van der Waals surface area contributed by atoms with Crippen LogP contribution in [0.4, 0.5) is 0 Å². The predicted molar refractivity (Wildman–Crippen MR) is 55.6 cm³/mol. The zero-order valence-corrected chi connectivity index (χ0v) is 8.54. The molecule has 1 nitrogen and oxygen atoms in total. The van der Waals surface area contributed by atoms with Crippen LogP contribution in [-0.4, -0.2) is 6.29 Å². The molecule has 0 spiro atoms. The van der Waals surface area contributed by atoms with Gasteiger partial charge in [-0.2, -0.15) is 0 Å². The first kappa shape index (κ1) is 10.5. The zero-order valence-electron chi connectivity index (χ0n) is 8.54. The summed E-state index contributed by atoms with van der Waals surface area (Å²) in [5.74, 6) is 1.11. The minimum atomic E-state index is 0.357. The van der Waals surface area contributed by atoms with Crippen molar-refractivity contribution in [3.63, 3.8) is 0 Å². The monoisotopic (exact) mass is 180 g/mol. The second-order valence-corrected chi connectivity index (χ2v) is 4.03. The highest BCUT2D eigenvalue weighted by Crippen LogP contribution is 2.28. The van der Waals surface area contributed by atoms with E-state index in [1.165, 1.54) is 25.7 Å². The van der Waals surface area contributed by atoms with Crippen molar-refractivity contribution >= 4 is 6.29 Å². The standard InChI is InChI=1S/C12H20O/c1-2-3-4-5-11-6-8-12(10-13)9-7-11/h4-5,10-12H,2-3,6-9H2,1H3/b5-4+/t11-,12-. The minimum absolute atomic E-state index is 0.357. The van der Waals surface area contributed by atoms with Crippen LogP contribution in [-0.2, 0) is 4.79 Å². The molecule has 1 aliphatic carbocycles. The molecule has 0 N–H and O–H groups in total. The van der Waals surface area contributed by atoms with E-state index in [1.54, 1.807) is 0 Å². The summed E-state index contributed by atoms with van der Waals surface area (Å²) in [5, 5.41) is 0. The van der Waals surface area contributed by atoms with Crippen molar-refractivity contribution < 1.29 is 4.79 Å². The van der Waals surface area contributed by atoms with Crippen molar-refractivity contribution in [1.82, 2.24) is 0 Å². The lowest BCUT2D eigenvalue weighted by Gasteiger charge is -2.22. The van der Waals surface area contributed by atoms with Gasteiger partial charge in [-0.05, 0) is 38.0 Å². The van der Waals surface area contributed by atoms with Crippen molar-refractivity contribution in [2.24, 2.45) is 11.8 Å². The smallest absolute Gasteiger partial charge is 0.123 e. The topological polar surface area (TPSA) is 17.1 Å². The predicted octanol–water partition coefficient (Wildman–Crippen LogP) is 3.35. The molecule has 0 bridgehead atoms. The van der Waals surface area contributed by atoms with E-state index >= 15 is 0 Å². The average Bonchev–Trinajstić information content (AvgIpc) is 2.19. The van der Waals surface area contributed by atoms with E-state index in [-0.39, 0.29) is 0 Å². The molecule has 1 saturated carbocycles. The third-order valence-electron chi connectivity index (χ3n) is 2.87. The average molecular weight is 180 g/mol. The Morgan fingerprint density at radius 1 is 1.15 bits per heavy atom. The summed E-state index contributed by atoms with van der Waals surface area (Å²) < 4.78 is 0.